The van der Waals surface area contributed by atoms with Gasteiger partial charge in [-0.3, -0.25) is 0 Å². The lowest BCUT2D eigenvalue weighted by Gasteiger charge is -2.21. The van der Waals surface area contributed by atoms with Crippen LogP contribution in [0.15, 0.2) is 22.7 Å². The third-order valence-electron chi connectivity index (χ3n) is 3.93. The van der Waals surface area contributed by atoms with Crippen LogP contribution in [0.3, 0.4) is 0 Å². The number of nitrogens with one attached hydrogen (secondary N) is 1. The highest BCUT2D eigenvalue weighted by molar-refractivity contribution is 9.10. The molecule has 1 aromatic heterocycles. The van der Waals surface area contributed by atoms with Gasteiger partial charge in [-0.2, -0.15) is 0 Å². The van der Waals surface area contributed by atoms with Crippen molar-refractivity contribution in [2.75, 3.05) is 6.54 Å². The quantitative estimate of drug-likeness (QED) is 0.702. The maximum Gasteiger partial charge on any atom is 0.0673 e. The van der Waals surface area contributed by atoms with E-state index in [2.05, 4.69) is 74.1 Å². The number of thiophene rings is 1. The Morgan fingerprint density at radius 2 is 1.76 bits per heavy atom. The fourth-order valence-electron chi connectivity index (χ4n) is 2.51. The Kier molecular flexibility index (Phi) is 5.64. The summed E-state index contributed by atoms with van der Waals surface area (Å²) in [6.45, 7) is 12.0. The molecule has 0 radical (unpaired) electrons. The van der Waals surface area contributed by atoms with Gasteiger partial charge in [-0.05, 0) is 75.0 Å². The van der Waals surface area contributed by atoms with E-state index in [9.17, 15) is 0 Å². The number of rotatable bonds is 5. The fourth-order valence-corrected chi connectivity index (χ4v) is 4.11. The van der Waals surface area contributed by atoms with Crippen LogP contribution >= 0.6 is 27.3 Å². The van der Waals surface area contributed by atoms with Crippen LogP contribution in [-0.2, 0) is 0 Å². The first-order valence-electron chi connectivity index (χ1n) is 7.51. The van der Waals surface area contributed by atoms with Gasteiger partial charge in [0.05, 0.1) is 6.04 Å². The Morgan fingerprint density at radius 3 is 2.33 bits per heavy atom. The van der Waals surface area contributed by atoms with Crippen molar-refractivity contribution in [1.29, 1.82) is 0 Å². The summed E-state index contributed by atoms with van der Waals surface area (Å²) in [5.74, 6) is 0. The third kappa shape index (κ3) is 3.77. The van der Waals surface area contributed by atoms with Gasteiger partial charge in [0.15, 0.2) is 0 Å². The van der Waals surface area contributed by atoms with Crippen LogP contribution in [0.4, 0.5) is 0 Å². The topological polar surface area (TPSA) is 12.0 Å². The standard InChI is InChI=1S/C18H24BrNS/c1-6-7-20-18(17-10-11(2)14(5)21-17)15-8-13(4)16(19)9-12(15)3/h8-10,18,20H,6-7H2,1-5H3. The summed E-state index contributed by atoms with van der Waals surface area (Å²) in [7, 11) is 0. The van der Waals surface area contributed by atoms with E-state index in [1.54, 1.807) is 0 Å². The number of benzene rings is 1. The Labute approximate surface area is 140 Å². The summed E-state index contributed by atoms with van der Waals surface area (Å²) in [5, 5.41) is 3.73. The molecule has 3 heteroatoms. The average Bonchev–Trinajstić information content (AvgIpc) is 2.75. The number of hydrogen-bond acceptors (Lipinski definition) is 2. The highest BCUT2D eigenvalue weighted by Crippen LogP contribution is 2.34. The fraction of sp³-hybridized carbons (Fsp3) is 0.444. The van der Waals surface area contributed by atoms with Gasteiger partial charge in [0.2, 0.25) is 0 Å². The van der Waals surface area contributed by atoms with Gasteiger partial charge in [-0.25, -0.2) is 0 Å². The first kappa shape index (κ1) is 16.7. The molecule has 1 aromatic carbocycles. The molecule has 21 heavy (non-hydrogen) atoms. The minimum absolute atomic E-state index is 0.300. The van der Waals surface area contributed by atoms with Gasteiger partial charge in [0.1, 0.15) is 0 Å². The molecule has 2 rings (SSSR count). The predicted molar refractivity (Wildman–Crippen MR) is 97.5 cm³/mol. The van der Waals surface area contributed by atoms with Gasteiger partial charge < -0.3 is 5.32 Å². The lowest BCUT2D eigenvalue weighted by molar-refractivity contribution is 0.603. The zero-order chi connectivity index (χ0) is 15.6. The molecule has 1 nitrogen and oxygen atoms in total. The Balaban J connectivity index is 2.47. The van der Waals surface area contributed by atoms with Crippen molar-refractivity contribution in [2.45, 2.75) is 47.1 Å². The van der Waals surface area contributed by atoms with Crippen molar-refractivity contribution >= 4 is 27.3 Å². The maximum absolute atomic E-state index is 3.73. The molecule has 0 spiro atoms. The zero-order valence-electron chi connectivity index (χ0n) is 13.5. The van der Waals surface area contributed by atoms with Crippen molar-refractivity contribution in [3.63, 3.8) is 0 Å². The van der Waals surface area contributed by atoms with Crippen molar-refractivity contribution < 1.29 is 0 Å². The van der Waals surface area contributed by atoms with E-state index in [1.165, 1.54) is 36.5 Å². The molecule has 0 aliphatic rings. The summed E-state index contributed by atoms with van der Waals surface area (Å²) in [4.78, 5) is 2.84. The highest BCUT2D eigenvalue weighted by Gasteiger charge is 2.19. The second-order valence-corrected chi connectivity index (χ2v) is 7.88. The molecule has 1 N–H and O–H groups in total. The average molecular weight is 366 g/mol. The largest absolute Gasteiger partial charge is 0.306 e. The van der Waals surface area contributed by atoms with Crippen molar-refractivity contribution in [3.8, 4) is 0 Å². The lowest BCUT2D eigenvalue weighted by Crippen LogP contribution is -2.23. The summed E-state index contributed by atoms with van der Waals surface area (Å²) < 4.78 is 1.19. The molecule has 0 amide bonds. The number of hydrogen-bond donors (Lipinski definition) is 1. The van der Waals surface area contributed by atoms with Crippen molar-refractivity contribution in [2.24, 2.45) is 0 Å². The molecule has 0 aliphatic carbocycles. The normalized spacial score (nSPS) is 12.7. The van der Waals surface area contributed by atoms with E-state index in [-0.39, 0.29) is 0 Å². The molecule has 1 unspecified atom stereocenters. The molecule has 114 valence electrons. The molecule has 0 saturated carbocycles. The molecule has 2 aromatic rings. The molecular formula is C18H24BrNS. The van der Waals surface area contributed by atoms with Gasteiger partial charge in [-0.15, -0.1) is 11.3 Å². The monoisotopic (exact) mass is 365 g/mol. The molecule has 0 fully saturated rings. The minimum Gasteiger partial charge on any atom is -0.306 e. The van der Waals surface area contributed by atoms with Crippen molar-refractivity contribution in [3.05, 3.63) is 54.7 Å². The first-order valence-corrected chi connectivity index (χ1v) is 9.12. The van der Waals surface area contributed by atoms with Crippen LogP contribution < -0.4 is 5.32 Å². The molecule has 1 heterocycles. The Morgan fingerprint density at radius 1 is 1.05 bits per heavy atom. The lowest BCUT2D eigenvalue weighted by atomic mass is 9.97. The van der Waals surface area contributed by atoms with E-state index in [1.807, 2.05) is 11.3 Å². The van der Waals surface area contributed by atoms with Crippen molar-refractivity contribution in [1.82, 2.24) is 5.32 Å². The summed E-state index contributed by atoms with van der Waals surface area (Å²) in [6.07, 6.45) is 1.15. The van der Waals surface area contributed by atoms with Crippen LogP contribution in [0.5, 0.6) is 0 Å². The van der Waals surface area contributed by atoms with Gasteiger partial charge in [-0.1, -0.05) is 28.9 Å². The van der Waals surface area contributed by atoms with Gasteiger partial charge >= 0.3 is 0 Å². The smallest absolute Gasteiger partial charge is 0.0673 e. The van der Waals surface area contributed by atoms with E-state index in [0.717, 1.165) is 13.0 Å². The molecular weight excluding hydrogens is 342 g/mol. The highest BCUT2D eigenvalue weighted by atomic mass is 79.9. The second-order valence-electron chi connectivity index (χ2n) is 5.73. The summed E-state index contributed by atoms with van der Waals surface area (Å²) >= 11 is 5.55. The molecule has 1 atom stereocenters. The van der Waals surface area contributed by atoms with Crippen LogP contribution in [0, 0.1) is 27.7 Å². The van der Waals surface area contributed by atoms with E-state index in [0.29, 0.717) is 6.04 Å². The summed E-state index contributed by atoms with van der Waals surface area (Å²) in [6, 6.07) is 7.19. The number of aryl methyl sites for hydroxylation is 4. The van der Waals surface area contributed by atoms with Crippen LogP contribution in [-0.4, -0.2) is 6.54 Å². The summed E-state index contributed by atoms with van der Waals surface area (Å²) in [5.41, 5.74) is 5.42. The SMILES string of the molecule is CCCNC(c1cc(C)c(C)s1)c1cc(C)c(Br)cc1C. The Bertz CT molecular complexity index is 611. The second kappa shape index (κ2) is 7.08. The zero-order valence-corrected chi connectivity index (χ0v) is 15.9. The van der Waals surface area contributed by atoms with E-state index < -0.39 is 0 Å². The predicted octanol–water partition coefficient (Wildman–Crippen LogP) is 5.83. The Hall–Kier alpha value is -0.640. The maximum atomic E-state index is 3.73. The first-order chi connectivity index (χ1) is 9.93. The van der Waals surface area contributed by atoms with Crippen LogP contribution in [0.1, 0.15) is 51.4 Å². The molecule has 0 saturated heterocycles. The van der Waals surface area contributed by atoms with E-state index >= 15 is 0 Å². The molecule has 0 aliphatic heterocycles. The minimum atomic E-state index is 0.300. The third-order valence-corrected chi connectivity index (χ3v) is 6.00. The van der Waals surface area contributed by atoms with E-state index in [4.69, 9.17) is 0 Å². The van der Waals surface area contributed by atoms with Gasteiger partial charge in [0, 0.05) is 14.2 Å². The number of halogens is 1. The van der Waals surface area contributed by atoms with Crippen LogP contribution in [0.2, 0.25) is 0 Å². The molecule has 0 bridgehead atoms. The van der Waals surface area contributed by atoms with Gasteiger partial charge in [0.25, 0.3) is 0 Å². The van der Waals surface area contributed by atoms with Crippen LogP contribution in [0.25, 0.3) is 0 Å².